The molecule has 0 saturated heterocycles. The highest BCUT2D eigenvalue weighted by Crippen LogP contribution is 2.28. The zero-order valence-corrected chi connectivity index (χ0v) is 11.3. The first-order valence-electron chi connectivity index (χ1n) is 5.76. The van der Waals surface area contributed by atoms with Gasteiger partial charge in [-0.15, -0.1) is 0 Å². The molecule has 0 bridgehead atoms. The smallest absolute Gasteiger partial charge is 0.256 e. The zero-order chi connectivity index (χ0) is 14.8. The second-order valence-electron chi connectivity index (χ2n) is 3.90. The molecular weight excluding hydrogens is 298 g/mol. The summed E-state index contributed by atoms with van der Waals surface area (Å²) in [5, 5.41) is 4.12. The molecule has 2 N–H and O–H groups in total. The average Bonchev–Trinajstić information content (AvgIpc) is 2.96. The van der Waals surface area contributed by atoms with E-state index >= 15 is 0 Å². The van der Waals surface area contributed by atoms with Gasteiger partial charge < -0.3 is 5.73 Å². The van der Waals surface area contributed by atoms with Crippen LogP contribution in [0.15, 0.2) is 46.7 Å². The minimum atomic E-state index is -0.568. The number of hydrogen-bond donors (Lipinski definition) is 1. The van der Waals surface area contributed by atoms with E-state index in [1.807, 2.05) is 0 Å². The third-order valence-corrected chi connectivity index (χ3v) is 3.32. The summed E-state index contributed by atoms with van der Waals surface area (Å²) in [5.74, 6) is -0.948. The first kappa shape index (κ1) is 13.4. The number of hydrogen-bond acceptors (Lipinski definition) is 6. The number of benzene rings is 1. The highest BCUT2D eigenvalue weighted by molar-refractivity contribution is 7.99. The van der Waals surface area contributed by atoms with Gasteiger partial charge in [0.25, 0.3) is 5.95 Å². The molecule has 0 spiro atoms. The Morgan fingerprint density at radius 3 is 2.76 bits per heavy atom. The van der Waals surface area contributed by atoms with E-state index in [0.29, 0.717) is 0 Å². The fraction of sp³-hybridized carbons (Fsp3) is 0. The monoisotopic (exact) mass is 306 g/mol. The Morgan fingerprint density at radius 2 is 2.00 bits per heavy atom. The van der Waals surface area contributed by atoms with Gasteiger partial charge in [-0.05, 0) is 36.0 Å². The van der Waals surface area contributed by atoms with Crippen molar-refractivity contribution in [3.63, 3.8) is 0 Å². The molecule has 0 radical (unpaired) electrons. The summed E-state index contributed by atoms with van der Waals surface area (Å²) in [7, 11) is 0. The molecule has 0 aliphatic heterocycles. The van der Waals surface area contributed by atoms with E-state index in [0.717, 1.165) is 30.0 Å². The van der Waals surface area contributed by atoms with Crippen molar-refractivity contribution in [1.29, 1.82) is 0 Å². The lowest BCUT2D eigenvalue weighted by molar-refractivity contribution is 0.577. The number of aromatic nitrogens is 5. The van der Waals surface area contributed by atoms with Gasteiger partial charge in [-0.3, -0.25) is 0 Å². The summed E-state index contributed by atoms with van der Waals surface area (Å²) >= 11 is 0.856. The van der Waals surface area contributed by atoms with Gasteiger partial charge in [0.1, 0.15) is 11.6 Å². The van der Waals surface area contributed by atoms with Gasteiger partial charge in [0, 0.05) is 12.4 Å². The topological polar surface area (TPSA) is 82.5 Å². The first-order chi connectivity index (χ1) is 10.1. The van der Waals surface area contributed by atoms with Gasteiger partial charge in [0.2, 0.25) is 5.95 Å². The lowest BCUT2D eigenvalue weighted by Crippen LogP contribution is -2.07. The van der Waals surface area contributed by atoms with Crippen molar-refractivity contribution < 1.29 is 8.78 Å². The van der Waals surface area contributed by atoms with Crippen molar-refractivity contribution in [2.45, 2.75) is 10.1 Å². The highest BCUT2D eigenvalue weighted by atomic mass is 32.2. The normalized spacial score (nSPS) is 10.8. The van der Waals surface area contributed by atoms with Gasteiger partial charge in [-0.1, -0.05) is 0 Å². The summed E-state index contributed by atoms with van der Waals surface area (Å²) in [4.78, 5) is 12.0. The van der Waals surface area contributed by atoms with Gasteiger partial charge in [-0.25, -0.2) is 13.5 Å². The van der Waals surface area contributed by atoms with Crippen molar-refractivity contribution in [2.75, 3.05) is 5.73 Å². The van der Waals surface area contributed by atoms with Crippen LogP contribution in [-0.2, 0) is 0 Å². The lowest BCUT2D eigenvalue weighted by Gasteiger charge is -2.05. The third-order valence-electron chi connectivity index (χ3n) is 2.42. The van der Waals surface area contributed by atoms with E-state index in [2.05, 4.69) is 20.1 Å². The molecule has 0 fully saturated rings. The van der Waals surface area contributed by atoms with Gasteiger partial charge in [0.05, 0.1) is 4.90 Å². The zero-order valence-electron chi connectivity index (χ0n) is 10.4. The fourth-order valence-electron chi connectivity index (χ4n) is 1.55. The lowest BCUT2D eigenvalue weighted by atomic mass is 10.3. The number of anilines is 1. The molecule has 0 aliphatic carbocycles. The van der Waals surface area contributed by atoms with Crippen LogP contribution >= 0.6 is 11.8 Å². The summed E-state index contributed by atoms with van der Waals surface area (Å²) in [5.41, 5.74) is 5.60. The summed E-state index contributed by atoms with van der Waals surface area (Å²) < 4.78 is 28.2. The van der Waals surface area contributed by atoms with Crippen LogP contribution in [0.25, 0.3) is 5.95 Å². The maximum Gasteiger partial charge on any atom is 0.256 e. The van der Waals surface area contributed by atoms with Crippen molar-refractivity contribution in [3.05, 3.63) is 48.3 Å². The van der Waals surface area contributed by atoms with Crippen LogP contribution in [0.4, 0.5) is 14.7 Å². The molecule has 0 saturated carbocycles. The van der Waals surface area contributed by atoms with Crippen molar-refractivity contribution in [3.8, 4) is 5.95 Å². The van der Waals surface area contributed by atoms with Crippen LogP contribution in [0.2, 0.25) is 0 Å². The van der Waals surface area contributed by atoms with Gasteiger partial charge in [0.15, 0.2) is 5.16 Å². The molecule has 2 heterocycles. The summed E-state index contributed by atoms with van der Waals surface area (Å²) in [6.07, 6.45) is 3.19. The third kappa shape index (κ3) is 2.97. The Kier molecular flexibility index (Phi) is 3.48. The van der Waals surface area contributed by atoms with Gasteiger partial charge in [-0.2, -0.15) is 20.1 Å². The van der Waals surface area contributed by atoms with Crippen LogP contribution in [0.5, 0.6) is 0 Å². The van der Waals surface area contributed by atoms with E-state index in [4.69, 9.17) is 5.73 Å². The molecule has 0 atom stereocenters. The second-order valence-corrected chi connectivity index (χ2v) is 4.91. The van der Waals surface area contributed by atoms with E-state index in [9.17, 15) is 8.78 Å². The summed E-state index contributed by atoms with van der Waals surface area (Å²) in [6.45, 7) is 0. The molecule has 0 aliphatic rings. The number of nitrogens with zero attached hydrogens (tertiary/aromatic N) is 5. The largest absolute Gasteiger partial charge is 0.368 e. The predicted molar refractivity (Wildman–Crippen MR) is 71.8 cm³/mol. The first-order valence-corrected chi connectivity index (χ1v) is 6.58. The highest BCUT2D eigenvalue weighted by Gasteiger charge is 2.11. The predicted octanol–water partition coefficient (Wildman–Crippen LogP) is 2.07. The van der Waals surface area contributed by atoms with E-state index in [1.165, 1.54) is 4.68 Å². The number of rotatable bonds is 3. The molecule has 0 amide bonds. The van der Waals surface area contributed by atoms with Crippen molar-refractivity contribution >= 4 is 17.7 Å². The Hall–Kier alpha value is -2.55. The maximum absolute atomic E-state index is 13.6. The molecule has 1 aromatic carbocycles. The Labute approximate surface area is 122 Å². The van der Waals surface area contributed by atoms with E-state index in [-0.39, 0.29) is 21.9 Å². The Morgan fingerprint density at radius 1 is 1.14 bits per heavy atom. The molecular formula is C12H8F2N6S. The van der Waals surface area contributed by atoms with E-state index < -0.39 is 11.6 Å². The molecule has 106 valence electrons. The second kappa shape index (κ2) is 5.44. The van der Waals surface area contributed by atoms with Gasteiger partial charge >= 0.3 is 0 Å². The van der Waals surface area contributed by atoms with Crippen LogP contribution in [-0.4, -0.2) is 24.7 Å². The molecule has 3 rings (SSSR count). The van der Waals surface area contributed by atoms with Crippen LogP contribution in [0.1, 0.15) is 0 Å². The maximum atomic E-state index is 13.6. The average molecular weight is 306 g/mol. The van der Waals surface area contributed by atoms with Crippen LogP contribution < -0.4 is 5.73 Å². The number of nitrogen functional groups attached to an aromatic ring is 1. The van der Waals surface area contributed by atoms with E-state index in [1.54, 1.807) is 18.5 Å². The van der Waals surface area contributed by atoms with Crippen LogP contribution in [0.3, 0.4) is 0 Å². The van der Waals surface area contributed by atoms with Crippen LogP contribution in [0, 0.1) is 11.6 Å². The standard InChI is InChI=1S/C12H8F2N6S/c13-7-2-3-8(14)9(6-7)21-12-18-10(15)17-11(19-12)20-5-1-4-16-20/h1-6H,(H2,15,17,18,19). The molecule has 21 heavy (non-hydrogen) atoms. The molecule has 6 nitrogen and oxygen atoms in total. The number of nitrogens with two attached hydrogens (primary N) is 1. The minimum absolute atomic E-state index is 0.0326. The Balaban J connectivity index is 1.97. The number of halogens is 2. The van der Waals surface area contributed by atoms with Crippen molar-refractivity contribution in [2.24, 2.45) is 0 Å². The minimum Gasteiger partial charge on any atom is -0.368 e. The Bertz CT molecular complexity index is 777. The molecule has 9 heteroatoms. The molecule has 0 unspecified atom stereocenters. The fourth-order valence-corrected chi connectivity index (χ4v) is 2.35. The molecule has 3 aromatic rings. The quantitative estimate of drug-likeness (QED) is 0.797. The molecule has 2 aromatic heterocycles. The van der Waals surface area contributed by atoms with Crippen molar-refractivity contribution in [1.82, 2.24) is 24.7 Å². The summed E-state index contributed by atoms with van der Waals surface area (Å²) in [6, 6.07) is 4.83. The SMILES string of the molecule is Nc1nc(Sc2cc(F)ccc2F)nc(-n2cccn2)n1.